The zero-order valence-electron chi connectivity index (χ0n) is 14.5. The molecule has 22 heavy (non-hydrogen) atoms. The van der Waals surface area contributed by atoms with Crippen LogP contribution in [0.25, 0.3) is 0 Å². The molecule has 0 aromatic carbocycles. The maximum absolute atomic E-state index is 11.9. The van der Waals surface area contributed by atoms with E-state index in [-0.39, 0.29) is 11.9 Å². The van der Waals surface area contributed by atoms with Crippen molar-refractivity contribution in [2.24, 2.45) is 5.92 Å². The van der Waals surface area contributed by atoms with Crippen LogP contribution in [0.1, 0.15) is 77.6 Å². The molecular formula is C19H34O3. The Balaban J connectivity index is 1.97. The van der Waals surface area contributed by atoms with Gasteiger partial charge in [0.25, 0.3) is 0 Å². The molecule has 0 spiro atoms. The molecule has 0 saturated heterocycles. The van der Waals surface area contributed by atoms with Crippen molar-refractivity contribution in [1.29, 1.82) is 0 Å². The minimum absolute atomic E-state index is 0.0289. The van der Waals surface area contributed by atoms with E-state index in [1.807, 2.05) is 6.08 Å². The van der Waals surface area contributed by atoms with E-state index in [9.17, 15) is 4.79 Å². The maximum Gasteiger partial charge on any atom is 0.309 e. The van der Waals surface area contributed by atoms with Crippen molar-refractivity contribution >= 4 is 5.97 Å². The smallest absolute Gasteiger partial charge is 0.309 e. The van der Waals surface area contributed by atoms with Gasteiger partial charge in [0.1, 0.15) is 6.61 Å². The second kappa shape index (κ2) is 12.7. The summed E-state index contributed by atoms with van der Waals surface area (Å²) in [6.07, 6.45) is 17.3. The van der Waals surface area contributed by atoms with E-state index in [1.165, 1.54) is 38.5 Å². The average molecular weight is 310 g/mol. The fourth-order valence-electron chi connectivity index (χ4n) is 3.01. The van der Waals surface area contributed by atoms with Gasteiger partial charge in [-0.3, -0.25) is 4.79 Å². The topological polar surface area (TPSA) is 35.5 Å². The first-order valence-electron chi connectivity index (χ1n) is 9.12. The Morgan fingerprint density at radius 1 is 1.00 bits per heavy atom. The molecule has 128 valence electrons. The third-order valence-electron chi connectivity index (χ3n) is 4.55. The summed E-state index contributed by atoms with van der Waals surface area (Å²) in [5.41, 5.74) is 0. The van der Waals surface area contributed by atoms with Crippen LogP contribution in [0, 0.1) is 5.92 Å². The first-order chi connectivity index (χ1) is 10.8. The number of allylic oxidation sites excluding steroid dienone is 1. The summed E-state index contributed by atoms with van der Waals surface area (Å²) < 4.78 is 10.7. The zero-order chi connectivity index (χ0) is 16.0. The van der Waals surface area contributed by atoms with Crippen molar-refractivity contribution in [2.75, 3.05) is 13.7 Å². The summed E-state index contributed by atoms with van der Waals surface area (Å²) in [4.78, 5) is 11.9. The van der Waals surface area contributed by atoms with Crippen molar-refractivity contribution in [1.82, 2.24) is 0 Å². The molecule has 1 aliphatic rings. The van der Waals surface area contributed by atoms with Crippen LogP contribution in [-0.4, -0.2) is 25.8 Å². The molecule has 1 rings (SSSR count). The molecule has 0 atom stereocenters. The summed E-state index contributed by atoms with van der Waals surface area (Å²) >= 11 is 0. The number of hydrogen-bond acceptors (Lipinski definition) is 3. The summed E-state index contributed by atoms with van der Waals surface area (Å²) in [5, 5.41) is 0. The van der Waals surface area contributed by atoms with Gasteiger partial charge in [0.2, 0.25) is 0 Å². The fraction of sp³-hybridized carbons (Fsp3) is 0.842. The quantitative estimate of drug-likeness (QED) is 0.304. The van der Waals surface area contributed by atoms with Gasteiger partial charge in [-0.1, -0.05) is 51.2 Å². The second-order valence-corrected chi connectivity index (χ2v) is 6.37. The Hall–Kier alpha value is -0.830. The number of rotatable bonds is 11. The van der Waals surface area contributed by atoms with E-state index < -0.39 is 0 Å². The van der Waals surface area contributed by atoms with Gasteiger partial charge in [-0.2, -0.15) is 0 Å². The third kappa shape index (κ3) is 8.57. The van der Waals surface area contributed by atoms with E-state index in [0.29, 0.717) is 12.7 Å². The van der Waals surface area contributed by atoms with E-state index in [2.05, 4.69) is 13.0 Å². The molecule has 0 aliphatic heterocycles. The van der Waals surface area contributed by atoms with E-state index in [1.54, 1.807) is 7.11 Å². The molecule has 0 amide bonds. The van der Waals surface area contributed by atoms with Gasteiger partial charge in [-0.25, -0.2) is 0 Å². The minimum Gasteiger partial charge on any atom is -0.461 e. The van der Waals surface area contributed by atoms with Crippen LogP contribution >= 0.6 is 0 Å². The number of carbonyl (C=O) groups is 1. The van der Waals surface area contributed by atoms with Gasteiger partial charge in [0.15, 0.2) is 0 Å². The van der Waals surface area contributed by atoms with Gasteiger partial charge in [0, 0.05) is 7.11 Å². The lowest BCUT2D eigenvalue weighted by atomic mass is 9.87. The summed E-state index contributed by atoms with van der Waals surface area (Å²) in [5.74, 6) is 0.0529. The summed E-state index contributed by atoms with van der Waals surface area (Å²) in [6.45, 7) is 2.67. The molecule has 0 radical (unpaired) electrons. The van der Waals surface area contributed by atoms with Gasteiger partial charge < -0.3 is 9.47 Å². The van der Waals surface area contributed by atoms with Gasteiger partial charge in [-0.05, 0) is 38.5 Å². The second-order valence-electron chi connectivity index (χ2n) is 6.37. The zero-order valence-corrected chi connectivity index (χ0v) is 14.5. The van der Waals surface area contributed by atoms with Crippen molar-refractivity contribution in [3.63, 3.8) is 0 Å². The Kier molecular flexibility index (Phi) is 11.1. The molecule has 0 bridgehead atoms. The Labute approximate surface area is 136 Å². The van der Waals surface area contributed by atoms with Crippen LogP contribution in [0.5, 0.6) is 0 Å². The van der Waals surface area contributed by atoms with E-state index in [0.717, 1.165) is 32.1 Å². The first kappa shape index (κ1) is 19.2. The lowest BCUT2D eigenvalue weighted by molar-refractivity contribution is -0.149. The highest BCUT2D eigenvalue weighted by Crippen LogP contribution is 2.26. The van der Waals surface area contributed by atoms with Gasteiger partial charge >= 0.3 is 5.97 Å². The number of ether oxygens (including phenoxy) is 2. The maximum atomic E-state index is 11.9. The molecule has 0 unspecified atom stereocenters. The number of esters is 1. The van der Waals surface area contributed by atoms with Crippen LogP contribution in [0.4, 0.5) is 0 Å². The summed E-state index contributed by atoms with van der Waals surface area (Å²) in [7, 11) is 1.75. The molecule has 0 aromatic rings. The molecule has 1 fully saturated rings. The lowest BCUT2D eigenvalue weighted by Gasteiger charge is -2.25. The Morgan fingerprint density at radius 3 is 2.36 bits per heavy atom. The van der Waals surface area contributed by atoms with E-state index in [4.69, 9.17) is 9.47 Å². The Bertz CT molecular complexity index is 304. The van der Waals surface area contributed by atoms with Crippen LogP contribution in [0.15, 0.2) is 12.2 Å². The minimum atomic E-state index is -0.0289. The number of carbonyl (C=O) groups excluding carboxylic acids is 1. The van der Waals surface area contributed by atoms with E-state index >= 15 is 0 Å². The predicted octanol–water partition coefficient (Wildman–Crippen LogP) is 5.04. The summed E-state index contributed by atoms with van der Waals surface area (Å²) in [6, 6.07) is 0. The van der Waals surface area contributed by atoms with Crippen LogP contribution in [0.2, 0.25) is 0 Å². The highest BCUT2D eigenvalue weighted by Gasteiger charge is 2.26. The first-order valence-corrected chi connectivity index (χ1v) is 9.12. The van der Waals surface area contributed by atoms with Crippen molar-refractivity contribution in [2.45, 2.75) is 83.7 Å². The lowest BCUT2D eigenvalue weighted by Crippen LogP contribution is -2.26. The van der Waals surface area contributed by atoms with Crippen molar-refractivity contribution < 1.29 is 14.3 Å². The number of hydrogen-bond donors (Lipinski definition) is 0. The van der Waals surface area contributed by atoms with Crippen molar-refractivity contribution in [3.05, 3.63) is 12.2 Å². The normalized spacial score (nSPS) is 22.1. The fourth-order valence-corrected chi connectivity index (χ4v) is 3.01. The SMILES string of the molecule is CCCCCCCC/C=C/COC(=O)C1CCC(OC)CC1. The van der Waals surface area contributed by atoms with Gasteiger partial charge in [0.05, 0.1) is 12.0 Å². The molecule has 1 aliphatic carbocycles. The molecule has 0 N–H and O–H groups in total. The molecule has 3 heteroatoms. The largest absolute Gasteiger partial charge is 0.461 e. The third-order valence-corrected chi connectivity index (χ3v) is 4.55. The van der Waals surface area contributed by atoms with Gasteiger partial charge in [-0.15, -0.1) is 0 Å². The number of methoxy groups -OCH3 is 1. The molecule has 0 heterocycles. The van der Waals surface area contributed by atoms with Crippen LogP contribution in [0.3, 0.4) is 0 Å². The molecule has 3 nitrogen and oxygen atoms in total. The highest BCUT2D eigenvalue weighted by atomic mass is 16.5. The van der Waals surface area contributed by atoms with Crippen molar-refractivity contribution in [3.8, 4) is 0 Å². The highest BCUT2D eigenvalue weighted by molar-refractivity contribution is 5.72. The van der Waals surface area contributed by atoms with Crippen LogP contribution in [-0.2, 0) is 14.3 Å². The average Bonchev–Trinajstić information content (AvgIpc) is 2.56. The standard InChI is InChI=1S/C19H34O3/c1-3-4-5-6-7-8-9-10-11-16-22-19(20)17-12-14-18(21-2)15-13-17/h10-11,17-18H,3-9,12-16H2,1-2H3/b11-10+. The monoisotopic (exact) mass is 310 g/mol. The number of unbranched alkanes of at least 4 members (excludes halogenated alkanes) is 6. The predicted molar refractivity (Wildman–Crippen MR) is 90.8 cm³/mol. The Morgan fingerprint density at radius 2 is 1.68 bits per heavy atom. The molecule has 1 saturated carbocycles. The van der Waals surface area contributed by atoms with Crippen LogP contribution < -0.4 is 0 Å². The molecule has 0 aromatic heterocycles. The molecular weight excluding hydrogens is 276 g/mol.